The summed E-state index contributed by atoms with van der Waals surface area (Å²) in [5.41, 5.74) is 0.967. The number of benzene rings is 1. The summed E-state index contributed by atoms with van der Waals surface area (Å²) >= 11 is 5.94. The molecule has 1 aromatic carbocycles. The molecule has 5 nitrogen and oxygen atoms in total. The summed E-state index contributed by atoms with van der Waals surface area (Å²) < 4.78 is 5.58. The van der Waals surface area contributed by atoms with E-state index in [0.29, 0.717) is 30.3 Å². The van der Waals surface area contributed by atoms with Crippen LogP contribution in [0.15, 0.2) is 36.8 Å². The van der Waals surface area contributed by atoms with Crippen LogP contribution in [0.2, 0.25) is 5.02 Å². The van der Waals surface area contributed by atoms with E-state index in [2.05, 4.69) is 15.3 Å². The zero-order valence-electron chi connectivity index (χ0n) is 11.7. The molecule has 1 amide bonds. The molecule has 0 aliphatic rings. The molecule has 0 spiro atoms. The van der Waals surface area contributed by atoms with E-state index in [-0.39, 0.29) is 5.91 Å². The van der Waals surface area contributed by atoms with Crippen molar-refractivity contribution in [2.75, 3.05) is 11.9 Å². The Morgan fingerprint density at radius 3 is 2.95 bits per heavy atom. The number of carbonyl (C=O) groups excluding carboxylic acids is 1. The van der Waals surface area contributed by atoms with Gasteiger partial charge in [0.2, 0.25) is 5.91 Å². The number of hydrogen-bond donors (Lipinski definition) is 1. The van der Waals surface area contributed by atoms with Crippen LogP contribution in [0, 0.1) is 6.92 Å². The number of aromatic nitrogens is 2. The van der Waals surface area contributed by atoms with Gasteiger partial charge in [-0.3, -0.25) is 9.78 Å². The molecule has 0 radical (unpaired) electrons. The van der Waals surface area contributed by atoms with Crippen LogP contribution < -0.4 is 10.1 Å². The molecule has 0 unspecified atom stereocenters. The molecular formula is C15H16ClN3O2. The number of ether oxygens (including phenoxy) is 1. The Morgan fingerprint density at radius 2 is 2.24 bits per heavy atom. The van der Waals surface area contributed by atoms with Crippen molar-refractivity contribution in [1.82, 2.24) is 9.97 Å². The molecule has 2 rings (SSSR count). The molecule has 0 aliphatic carbocycles. The average molecular weight is 306 g/mol. The lowest BCUT2D eigenvalue weighted by atomic mass is 10.2. The lowest BCUT2D eigenvalue weighted by Gasteiger charge is -2.08. The summed E-state index contributed by atoms with van der Waals surface area (Å²) in [5.74, 6) is 1.11. The quantitative estimate of drug-likeness (QED) is 0.832. The van der Waals surface area contributed by atoms with Gasteiger partial charge < -0.3 is 10.1 Å². The van der Waals surface area contributed by atoms with Gasteiger partial charge in [-0.25, -0.2) is 4.98 Å². The van der Waals surface area contributed by atoms with E-state index in [1.54, 1.807) is 12.3 Å². The number of anilines is 1. The minimum Gasteiger partial charge on any atom is -0.494 e. The maximum absolute atomic E-state index is 11.7. The number of halogens is 1. The van der Waals surface area contributed by atoms with Crippen LogP contribution in [0.5, 0.6) is 5.75 Å². The molecule has 110 valence electrons. The predicted octanol–water partition coefficient (Wildman–Crippen LogP) is 3.24. The van der Waals surface area contributed by atoms with Crippen LogP contribution >= 0.6 is 11.6 Å². The van der Waals surface area contributed by atoms with Crippen LogP contribution in [0.3, 0.4) is 0 Å². The number of nitrogens with one attached hydrogen (secondary N) is 1. The largest absolute Gasteiger partial charge is 0.494 e. The lowest BCUT2D eigenvalue weighted by molar-refractivity contribution is -0.116. The molecule has 0 saturated heterocycles. The zero-order chi connectivity index (χ0) is 15.1. The van der Waals surface area contributed by atoms with E-state index >= 15 is 0 Å². The predicted molar refractivity (Wildman–Crippen MR) is 81.6 cm³/mol. The minimum absolute atomic E-state index is 0.105. The van der Waals surface area contributed by atoms with Gasteiger partial charge in [0, 0.05) is 23.8 Å². The van der Waals surface area contributed by atoms with Crippen LogP contribution in [0.1, 0.15) is 18.4 Å². The fourth-order valence-corrected chi connectivity index (χ4v) is 1.82. The van der Waals surface area contributed by atoms with Gasteiger partial charge in [0.1, 0.15) is 5.75 Å². The first-order chi connectivity index (χ1) is 10.1. The van der Waals surface area contributed by atoms with E-state index in [4.69, 9.17) is 16.3 Å². The highest BCUT2D eigenvalue weighted by Crippen LogP contribution is 2.21. The second-order valence-electron chi connectivity index (χ2n) is 4.50. The first kappa shape index (κ1) is 15.3. The van der Waals surface area contributed by atoms with Gasteiger partial charge in [-0.15, -0.1) is 0 Å². The fourth-order valence-electron chi connectivity index (χ4n) is 1.70. The monoisotopic (exact) mass is 305 g/mol. The van der Waals surface area contributed by atoms with Gasteiger partial charge in [0.05, 0.1) is 12.8 Å². The van der Waals surface area contributed by atoms with Gasteiger partial charge in [0.15, 0.2) is 5.82 Å². The van der Waals surface area contributed by atoms with Crippen LogP contribution in [0.4, 0.5) is 5.82 Å². The Kier molecular flexibility index (Phi) is 5.51. The van der Waals surface area contributed by atoms with Crippen molar-refractivity contribution < 1.29 is 9.53 Å². The first-order valence-corrected chi connectivity index (χ1v) is 6.98. The van der Waals surface area contributed by atoms with Crippen LogP contribution in [0.25, 0.3) is 0 Å². The molecule has 0 fully saturated rings. The maximum atomic E-state index is 11.7. The molecule has 1 N–H and O–H groups in total. The summed E-state index contributed by atoms with van der Waals surface area (Å²) in [4.78, 5) is 19.5. The van der Waals surface area contributed by atoms with Crippen molar-refractivity contribution in [3.63, 3.8) is 0 Å². The Balaban J connectivity index is 1.69. The zero-order valence-corrected chi connectivity index (χ0v) is 12.4. The molecule has 0 atom stereocenters. The van der Waals surface area contributed by atoms with Crippen molar-refractivity contribution in [1.29, 1.82) is 0 Å². The molecule has 6 heteroatoms. The first-order valence-electron chi connectivity index (χ1n) is 6.60. The third-order valence-corrected chi connectivity index (χ3v) is 3.20. The summed E-state index contributed by atoms with van der Waals surface area (Å²) in [6.45, 7) is 2.39. The van der Waals surface area contributed by atoms with Crippen molar-refractivity contribution in [2.24, 2.45) is 0 Å². The number of nitrogens with zero attached hydrogens (tertiary/aromatic N) is 2. The van der Waals surface area contributed by atoms with Crippen molar-refractivity contribution >= 4 is 23.3 Å². The third kappa shape index (κ3) is 5.04. The smallest absolute Gasteiger partial charge is 0.225 e. The average Bonchev–Trinajstić information content (AvgIpc) is 2.48. The van der Waals surface area contributed by atoms with E-state index in [1.807, 2.05) is 19.1 Å². The molecule has 1 aromatic heterocycles. The number of hydrogen-bond acceptors (Lipinski definition) is 4. The van der Waals surface area contributed by atoms with E-state index in [1.165, 1.54) is 12.4 Å². The molecule has 2 aromatic rings. The minimum atomic E-state index is -0.105. The lowest BCUT2D eigenvalue weighted by Crippen LogP contribution is -2.13. The summed E-state index contributed by atoms with van der Waals surface area (Å²) in [5, 5.41) is 3.39. The van der Waals surface area contributed by atoms with Crippen molar-refractivity contribution in [3.8, 4) is 5.75 Å². The number of aryl methyl sites for hydroxylation is 1. The highest BCUT2D eigenvalue weighted by Gasteiger charge is 2.04. The number of carbonyl (C=O) groups is 1. The Hall–Kier alpha value is -2.14. The number of rotatable bonds is 6. The van der Waals surface area contributed by atoms with Gasteiger partial charge in [-0.05, 0) is 37.1 Å². The fraction of sp³-hybridized carbons (Fsp3) is 0.267. The second-order valence-corrected chi connectivity index (χ2v) is 4.91. The highest BCUT2D eigenvalue weighted by atomic mass is 35.5. The molecule has 0 aliphatic heterocycles. The molecule has 21 heavy (non-hydrogen) atoms. The Labute approximate surface area is 128 Å². The van der Waals surface area contributed by atoms with Crippen LogP contribution in [-0.4, -0.2) is 22.5 Å². The van der Waals surface area contributed by atoms with Crippen LogP contribution in [-0.2, 0) is 4.79 Å². The molecule has 0 bridgehead atoms. The topological polar surface area (TPSA) is 64.1 Å². The van der Waals surface area contributed by atoms with Gasteiger partial charge in [0.25, 0.3) is 0 Å². The summed E-state index contributed by atoms with van der Waals surface area (Å²) in [6, 6.07) is 5.49. The van der Waals surface area contributed by atoms with E-state index < -0.39 is 0 Å². The molecular weight excluding hydrogens is 290 g/mol. The summed E-state index contributed by atoms with van der Waals surface area (Å²) in [6.07, 6.45) is 5.57. The van der Waals surface area contributed by atoms with Crippen molar-refractivity contribution in [2.45, 2.75) is 19.8 Å². The normalized spacial score (nSPS) is 10.2. The van der Waals surface area contributed by atoms with Gasteiger partial charge >= 0.3 is 0 Å². The SMILES string of the molecule is Cc1cc(OCCCC(=O)Nc2cnccn2)ccc1Cl. The van der Waals surface area contributed by atoms with E-state index in [0.717, 1.165) is 11.3 Å². The third-order valence-electron chi connectivity index (χ3n) is 2.78. The molecule has 1 heterocycles. The number of amides is 1. The van der Waals surface area contributed by atoms with Gasteiger partial charge in [-0.2, -0.15) is 0 Å². The Bertz CT molecular complexity index is 605. The maximum Gasteiger partial charge on any atom is 0.225 e. The van der Waals surface area contributed by atoms with Crippen molar-refractivity contribution in [3.05, 3.63) is 47.4 Å². The second kappa shape index (κ2) is 7.59. The van der Waals surface area contributed by atoms with E-state index in [9.17, 15) is 4.79 Å². The van der Waals surface area contributed by atoms with Gasteiger partial charge in [-0.1, -0.05) is 11.6 Å². The summed E-state index contributed by atoms with van der Waals surface area (Å²) in [7, 11) is 0. The highest BCUT2D eigenvalue weighted by molar-refractivity contribution is 6.31. The Morgan fingerprint density at radius 1 is 1.38 bits per heavy atom. The standard InChI is InChI=1S/C15H16ClN3O2/c1-11-9-12(4-5-13(11)16)21-8-2-3-15(20)19-14-10-17-6-7-18-14/h4-7,9-10H,2-3,8H2,1H3,(H,18,19,20). The molecule has 0 saturated carbocycles.